The zero-order valence-corrected chi connectivity index (χ0v) is 15.5. The van der Waals surface area contributed by atoms with Crippen LogP contribution in [0.2, 0.25) is 0 Å². The van der Waals surface area contributed by atoms with Crippen LogP contribution in [0.15, 0.2) is 45.9 Å². The molecule has 1 saturated heterocycles. The summed E-state index contributed by atoms with van der Waals surface area (Å²) in [5.74, 6) is -0.224. The Morgan fingerprint density at radius 3 is 2.72 bits per heavy atom. The first-order valence-electron chi connectivity index (χ1n) is 8.08. The number of hydrogen-bond donors (Lipinski definition) is 1. The van der Waals surface area contributed by atoms with Gasteiger partial charge in [-0.2, -0.15) is 0 Å². The van der Waals surface area contributed by atoms with Crippen molar-refractivity contribution in [3.8, 4) is 5.75 Å². The van der Waals surface area contributed by atoms with E-state index in [0.717, 1.165) is 36.1 Å². The SMILES string of the molecule is COC(=O)c1cc(N=Cc2cc(Br)ccc2O)ccc1N1CCCC1. The Balaban J connectivity index is 1.93. The number of nitrogens with zero attached hydrogens (tertiary/aromatic N) is 2. The second-order valence-electron chi connectivity index (χ2n) is 5.85. The van der Waals surface area contributed by atoms with Gasteiger partial charge in [0.15, 0.2) is 0 Å². The summed E-state index contributed by atoms with van der Waals surface area (Å²) < 4.78 is 5.78. The lowest BCUT2D eigenvalue weighted by Gasteiger charge is -2.20. The molecule has 1 N–H and O–H groups in total. The summed E-state index contributed by atoms with van der Waals surface area (Å²) in [7, 11) is 1.38. The van der Waals surface area contributed by atoms with Crippen molar-refractivity contribution in [1.82, 2.24) is 0 Å². The van der Waals surface area contributed by atoms with E-state index < -0.39 is 0 Å². The van der Waals surface area contributed by atoms with E-state index in [0.29, 0.717) is 16.8 Å². The van der Waals surface area contributed by atoms with E-state index in [4.69, 9.17) is 4.74 Å². The summed E-state index contributed by atoms with van der Waals surface area (Å²) in [6, 6.07) is 10.6. The maximum Gasteiger partial charge on any atom is 0.340 e. The van der Waals surface area contributed by atoms with Crippen LogP contribution >= 0.6 is 15.9 Å². The summed E-state index contributed by atoms with van der Waals surface area (Å²) >= 11 is 3.37. The Kier molecular flexibility index (Phi) is 5.38. The van der Waals surface area contributed by atoms with Gasteiger partial charge in [-0.05, 0) is 49.2 Å². The molecule has 1 heterocycles. The van der Waals surface area contributed by atoms with Crippen LogP contribution in [0.5, 0.6) is 5.75 Å². The number of rotatable bonds is 4. The first-order valence-corrected chi connectivity index (χ1v) is 8.87. The topological polar surface area (TPSA) is 62.1 Å². The van der Waals surface area contributed by atoms with Crippen LogP contribution in [0.1, 0.15) is 28.8 Å². The van der Waals surface area contributed by atoms with E-state index in [1.807, 2.05) is 12.1 Å². The molecule has 1 aliphatic rings. The molecule has 0 spiro atoms. The Labute approximate surface area is 155 Å². The molecule has 2 aromatic carbocycles. The molecule has 1 aliphatic heterocycles. The molecule has 0 radical (unpaired) electrons. The van der Waals surface area contributed by atoms with E-state index >= 15 is 0 Å². The predicted octanol–water partition coefficient (Wildman–Crippen LogP) is 4.29. The number of phenolic OH excluding ortho intramolecular Hbond substituents is 1. The van der Waals surface area contributed by atoms with Crippen LogP contribution in [0.25, 0.3) is 0 Å². The second-order valence-corrected chi connectivity index (χ2v) is 6.76. The molecular weight excluding hydrogens is 384 g/mol. The van der Waals surface area contributed by atoms with Gasteiger partial charge in [0, 0.05) is 29.3 Å². The molecule has 0 atom stereocenters. The van der Waals surface area contributed by atoms with Crippen LogP contribution in [0.3, 0.4) is 0 Å². The summed E-state index contributed by atoms with van der Waals surface area (Å²) in [6.07, 6.45) is 3.83. The van der Waals surface area contributed by atoms with Gasteiger partial charge in [0.25, 0.3) is 0 Å². The predicted molar refractivity (Wildman–Crippen MR) is 102 cm³/mol. The fourth-order valence-corrected chi connectivity index (χ4v) is 3.26. The number of ether oxygens (including phenoxy) is 1. The van der Waals surface area contributed by atoms with Crippen molar-refractivity contribution in [1.29, 1.82) is 0 Å². The molecule has 1 fully saturated rings. The van der Waals surface area contributed by atoms with Crippen LogP contribution in [0, 0.1) is 0 Å². The zero-order valence-electron chi connectivity index (χ0n) is 13.9. The summed E-state index contributed by atoms with van der Waals surface area (Å²) in [4.78, 5) is 18.8. The molecule has 25 heavy (non-hydrogen) atoms. The lowest BCUT2D eigenvalue weighted by Crippen LogP contribution is -2.20. The Bertz CT molecular complexity index is 814. The van der Waals surface area contributed by atoms with Gasteiger partial charge in [-0.1, -0.05) is 15.9 Å². The molecule has 0 unspecified atom stereocenters. The van der Waals surface area contributed by atoms with Crippen molar-refractivity contribution in [2.24, 2.45) is 4.99 Å². The van der Waals surface area contributed by atoms with Crippen LogP contribution in [-0.4, -0.2) is 37.5 Å². The van der Waals surface area contributed by atoms with Gasteiger partial charge < -0.3 is 14.7 Å². The Morgan fingerprint density at radius 2 is 2.00 bits per heavy atom. The highest BCUT2D eigenvalue weighted by molar-refractivity contribution is 9.10. The summed E-state index contributed by atoms with van der Waals surface area (Å²) in [5.41, 5.74) is 2.62. The molecule has 0 aromatic heterocycles. The molecule has 0 aliphatic carbocycles. The highest BCUT2D eigenvalue weighted by Crippen LogP contribution is 2.29. The van der Waals surface area contributed by atoms with Crippen molar-refractivity contribution in [2.75, 3.05) is 25.1 Å². The number of hydrogen-bond acceptors (Lipinski definition) is 5. The van der Waals surface area contributed by atoms with Crippen molar-refractivity contribution in [3.05, 3.63) is 52.0 Å². The number of benzene rings is 2. The third kappa shape index (κ3) is 4.02. The van der Waals surface area contributed by atoms with Gasteiger partial charge in [-0.3, -0.25) is 4.99 Å². The number of aliphatic imine (C=N–C) groups is 1. The minimum absolute atomic E-state index is 0.147. The smallest absolute Gasteiger partial charge is 0.340 e. The molecule has 0 amide bonds. The Hall–Kier alpha value is -2.34. The van der Waals surface area contributed by atoms with Crippen molar-refractivity contribution in [3.63, 3.8) is 0 Å². The number of phenols is 1. The van der Waals surface area contributed by atoms with Gasteiger partial charge in [0.2, 0.25) is 0 Å². The molecule has 5 nitrogen and oxygen atoms in total. The lowest BCUT2D eigenvalue weighted by molar-refractivity contribution is 0.0601. The van der Waals surface area contributed by atoms with Gasteiger partial charge in [-0.15, -0.1) is 0 Å². The van der Waals surface area contributed by atoms with Crippen LogP contribution < -0.4 is 4.90 Å². The maximum absolute atomic E-state index is 12.2. The quantitative estimate of drug-likeness (QED) is 0.611. The monoisotopic (exact) mass is 402 g/mol. The van der Waals surface area contributed by atoms with Gasteiger partial charge >= 0.3 is 5.97 Å². The van der Waals surface area contributed by atoms with E-state index in [9.17, 15) is 9.90 Å². The minimum atomic E-state index is -0.371. The number of halogens is 1. The Morgan fingerprint density at radius 1 is 1.24 bits per heavy atom. The van der Waals surface area contributed by atoms with Crippen molar-refractivity contribution < 1.29 is 14.6 Å². The van der Waals surface area contributed by atoms with E-state index in [2.05, 4.69) is 25.8 Å². The normalized spacial score (nSPS) is 14.2. The molecule has 0 saturated carbocycles. The lowest BCUT2D eigenvalue weighted by atomic mass is 10.1. The maximum atomic E-state index is 12.2. The highest BCUT2D eigenvalue weighted by Gasteiger charge is 2.20. The van der Waals surface area contributed by atoms with Crippen molar-refractivity contribution in [2.45, 2.75) is 12.8 Å². The zero-order chi connectivity index (χ0) is 17.8. The van der Waals surface area contributed by atoms with Gasteiger partial charge in [0.05, 0.1) is 24.0 Å². The van der Waals surface area contributed by atoms with E-state index in [-0.39, 0.29) is 11.7 Å². The third-order valence-electron chi connectivity index (χ3n) is 4.17. The first kappa shape index (κ1) is 17.5. The average Bonchev–Trinajstić information content (AvgIpc) is 3.16. The van der Waals surface area contributed by atoms with Crippen molar-refractivity contribution >= 4 is 39.5 Å². The fraction of sp³-hybridized carbons (Fsp3) is 0.263. The molecule has 0 bridgehead atoms. The van der Waals surface area contributed by atoms with Gasteiger partial charge in [-0.25, -0.2) is 4.79 Å². The highest BCUT2D eigenvalue weighted by atomic mass is 79.9. The minimum Gasteiger partial charge on any atom is -0.507 e. The molecule has 2 aromatic rings. The number of methoxy groups -OCH3 is 1. The van der Waals surface area contributed by atoms with Gasteiger partial charge in [0.1, 0.15) is 5.75 Å². The number of anilines is 1. The number of carbonyl (C=O) groups is 1. The summed E-state index contributed by atoms with van der Waals surface area (Å²) in [5, 5.41) is 9.89. The molecule has 130 valence electrons. The largest absolute Gasteiger partial charge is 0.507 e. The second kappa shape index (κ2) is 7.70. The number of aromatic hydroxyl groups is 1. The third-order valence-corrected chi connectivity index (χ3v) is 4.67. The van der Waals surface area contributed by atoms with E-state index in [1.54, 1.807) is 30.5 Å². The molecule has 3 rings (SSSR count). The standard InChI is InChI=1S/C19H19BrN2O3/c1-25-19(24)16-11-15(5-6-17(16)22-8-2-3-9-22)21-12-13-10-14(20)4-7-18(13)23/h4-7,10-12,23H,2-3,8-9H2,1H3. The fourth-order valence-electron chi connectivity index (χ4n) is 2.88. The summed E-state index contributed by atoms with van der Waals surface area (Å²) in [6.45, 7) is 1.89. The number of carbonyl (C=O) groups excluding carboxylic acids is 1. The molecular formula is C19H19BrN2O3. The first-order chi connectivity index (χ1) is 12.1. The van der Waals surface area contributed by atoms with Crippen LogP contribution in [0.4, 0.5) is 11.4 Å². The average molecular weight is 403 g/mol. The molecule has 6 heteroatoms. The number of esters is 1. The van der Waals surface area contributed by atoms with Crippen LogP contribution in [-0.2, 0) is 4.74 Å². The van der Waals surface area contributed by atoms with E-state index in [1.165, 1.54) is 7.11 Å².